The molecule has 0 atom stereocenters. The van der Waals surface area contributed by atoms with E-state index in [0.717, 1.165) is 17.9 Å². The van der Waals surface area contributed by atoms with Gasteiger partial charge in [0.1, 0.15) is 0 Å². The molecule has 5 heteroatoms. The molecule has 0 spiro atoms. The zero-order valence-electron chi connectivity index (χ0n) is 11.5. The van der Waals surface area contributed by atoms with Gasteiger partial charge in [-0.05, 0) is 30.5 Å². The van der Waals surface area contributed by atoms with E-state index in [1.807, 2.05) is 18.2 Å². The summed E-state index contributed by atoms with van der Waals surface area (Å²) in [5, 5.41) is 15.0. The lowest BCUT2D eigenvalue weighted by atomic mass is 9.79. The first-order valence-corrected chi connectivity index (χ1v) is 7.43. The summed E-state index contributed by atoms with van der Waals surface area (Å²) in [5.74, 6) is 0. The van der Waals surface area contributed by atoms with Gasteiger partial charge in [0.15, 0.2) is 0 Å². The van der Waals surface area contributed by atoms with Crippen LogP contribution in [0.1, 0.15) is 31.2 Å². The molecule has 1 aliphatic rings. The fraction of sp³-hybridized carbons (Fsp3) is 0.533. The molecule has 4 nitrogen and oxygen atoms in total. The summed E-state index contributed by atoms with van der Waals surface area (Å²) in [6.45, 7) is 0.827. The van der Waals surface area contributed by atoms with Crippen molar-refractivity contribution in [2.45, 2.75) is 31.1 Å². The monoisotopic (exact) mass is 296 g/mol. The summed E-state index contributed by atoms with van der Waals surface area (Å²) >= 11 is 6.09. The maximum atomic E-state index is 11.6. The van der Waals surface area contributed by atoms with Crippen LogP contribution in [0, 0.1) is 0 Å². The molecule has 2 rings (SSSR count). The van der Waals surface area contributed by atoms with Crippen molar-refractivity contribution in [2.24, 2.45) is 0 Å². The van der Waals surface area contributed by atoms with Crippen LogP contribution in [0.2, 0.25) is 5.02 Å². The fourth-order valence-corrected chi connectivity index (χ4v) is 3.11. The van der Waals surface area contributed by atoms with Crippen LogP contribution in [0.5, 0.6) is 0 Å². The molecule has 0 aromatic heterocycles. The van der Waals surface area contributed by atoms with E-state index in [1.54, 1.807) is 0 Å². The van der Waals surface area contributed by atoms with Gasteiger partial charge in [-0.2, -0.15) is 0 Å². The molecule has 1 aromatic carbocycles. The van der Waals surface area contributed by atoms with Crippen LogP contribution in [-0.2, 0) is 5.41 Å². The molecule has 20 heavy (non-hydrogen) atoms. The first kappa shape index (κ1) is 15.1. The number of nitrogens with one attached hydrogen (secondary N) is 2. The number of benzene rings is 1. The van der Waals surface area contributed by atoms with Gasteiger partial charge in [0.25, 0.3) is 0 Å². The van der Waals surface area contributed by atoms with Gasteiger partial charge in [-0.3, -0.25) is 0 Å². The molecule has 1 fully saturated rings. The third-order valence-corrected chi connectivity index (χ3v) is 4.22. The Labute approximate surface area is 124 Å². The van der Waals surface area contributed by atoms with Crippen LogP contribution in [-0.4, -0.2) is 30.8 Å². The second-order valence-electron chi connectivity index (χ2n) is 5.33. The van der Waals surface area contributed by atoms with Crippen LogP contribution in [0.15, 0.2) is 24.3 Å². The Morgan fingerprint density at radius 1 is 1.30 bits per heavy atom. The molecule has 0 unspecified atom stereocenters. The van der Waals surface area contributed by atoms with E-state index in [1.165, 1.54) is 18.4 Å². The van der Waals surface area contributed by atoms with Crippen LogP contribution in [0.4, 0.5) is 4.79 Å². The Morgan fingerprint density at radius 2 is 2.05 bits per heavy atom. The molecule has 1 aliphatic carbocycles. The van der Waals surface area contributed by atoms with Crippen molar-refractivity contribution in [3.8, 4) is 0 Å². The van der Waals surface area contributed by atoms with Crippen molar-refractivity contribution in [1.82, 2.24) is 10.6 Å². The Morgan fingerprint density at radius 3 is 2.70 bits per heavy atom. The largest absolute Gasteiger partial charge is 0.395 e. The number of aliphatic hydroxyl groups is 1. The maximum absolute atomic E-state index is 11.6. The number of rotatable bonds is 5. The third-order valence-electron chi connectivity index (χ3n) is 3.98. The molecule has 2 amide bonds. The van der Waals surface area contributed by atoms with Gasteiger partial charge >= 0.3 is 6.03 Å². The first-order chi connectivity index (χ1) is 9.66. The normalized spacial score (nSPS) is 16.9. The molecule has 110 valence electrons. The number of aliphatic hydroxyl groups excluding tert-OH is 1. The average molecular weight is 297 g/mol. The summed E-state index contributed by atoms with van der Waals surface area (Å²) in [5.41, 5.74) is 1.19. The van der Waals surface area contributed by atoms with Crippen molar-refractivity contribution in [1.29, 1.82) is 0 Å². The van der Waals surface area contributed by atoms with E-state index >= 15 is 0 Å². The maximum Gasteiger partial charge on any atom is 0.314 e. The highest BCUT2D eigenvalue weighted by Crippen LogP contribution is 2.41. The smallest absolute Gasteiger partial charge is 0.314 e. The van der Waals surface area contributed by atoms with Gasteiger partial charge in [0.05, 0.1) is 6.61 Å². The summed E-state index contributed by atoms with van der Waals surface area (Å²) in [4.78, 5) is 11.6. The second kappa shape index (κ2) is 6.95. The lowest BCUT2D eigenvalue weighted by Crippen LogP contribution is -2.44. The van der Waals surface area contributed by atoms with Gasteiger partial charge in [-0.25, -0.2) is 4.79 Å². The van der Waals surface area contributed by atoms with E-state index in [2.05, 4.69) is 16.7 Å². The van der Waals surface area contributed by atoms with Crippen molar-refractivity contribution >= 4 is 17.6 Å². The van der Waals surface area contributed by atoms with E-state index in [9.17, 15) is 4.79 Å². The Bertz CT molecular complexity index is 459. The molecular weight excluding hydrogens is 276 g/mol. The van der Waals surface area contributed by atoms with E-state index in [-0.39, 0.29) is 24.6 Å². The minimum Gasteiger partial charge on any atom is -0.395 e. The molecule has 0 heterocycles. The van der Waals surface area contributed by atoms with Crippen molar-refractivity contribution in [2.75, 3.05) is 19.7 Å². The number of amides is 2. The Hall–Kier alpha value is -1.26. The summed E-state index contributed by atoms with van der Waals surface area (Å²) < 4.78 is 0. The van der Waals surface area contributed by atoms with Gasteiger partial charge in [0, 0.05) is 23.5 Å². The van der Waals surface area contributed by atoms with Crippen LogP contribution < -0.4 is 10.6 Å². The highest BCUT2D eigenvalue weighted by molar-refractivity contribution is 6.30. The van der Waals surface area contributed by atoms with Crippen LogP contribution in [0.25, 0.3) is 0 Å². The minimum atomic E-state index is -0.229. The number of hydrogen-bond acceptors (Lipinski definition) is 2. The molecule has 3 N–H and O–H groups in total. The summed E-state index contributed by atoms with van der Waals surface area (Å²) in [7, 11) is 0. The van der Waals surface area contributed by atoms with Crippen molar-refractivity contribution in [3.63, 3.8) is 0 Å². The quantitative estimate of drug-likeness (QED) is 0.781. The molecule has 0 aliphatic heterocycles. The van der Waals surface area contributed by atoms with Gasteiger partial charge in [-0.1, -0.05) is 36.6 Å². The molecule has 0 saturated heterocycles. The predicted octanol–water partition coefficient (Wildman–Crippen LogP) is 2.44. The zero-order valence-corrected chi connectivity index (χ0v) is 12.2. The highest BCUT2D eigenvalue weighted by atomic mass is 35.5. The van der Waals surface area contributed by atoms with Gasteiger partial charge < -0.3 is 15.7 Å². The van der Waals surface area contributed by atoms with Crippen molar-refractivity contribution < 1.29 is 9.90 Å². The van der Waals surface area contributed by atoms with Gasteiger partial charge in [-0.15, -0.1) is 0 Å². The topological polar surface area (TPSA) is 61.4 Å². The predicted molar refractivity (Wildman–Crippen MR) is 80.1 cm³/mol. The van der Waals surface area contributed by atoms with E-state index in [4.69, 9.17) is 16.7 Å². The average Bonchev–Trinajstić information content (AvgIpc) is 2.93. The first-order valence-electron chi connectivity index (χ1n) is 7.05. The Kier molecular flexibility index (Phi) is 5.26. The third kappa shape index (κ3) is 3.64. The zero-order chi connectivity index (χ0) is 14.4. The summed E-state index contributed by atoms with van der Waals surface area (Å²) in [6, 6.07) is 7.69. The number of carbonyl (C=O) groups is 1. The van der Waals surface area contributed by atoms with E-state index < -0.39 is 0 Å². The number of halogens is 1. The molecule has 1 aromatic rings. The molecule has 1 saturated carbocycles. The fourth-order valence-electron chi connectivity index (χ4n) is 2.92. The number of hydrogen-bond donors (Lipinski definition) is 3. The van der Waals surface area contributed by atoms with Crippen molar-refractivity contribution in [3.05, 3.63) is 34.9 Å². The van der Waals surface area contributed by atoms with Gasteiger partial charge in [0.2, 0.25) is 0 Å². The molecule has 0 radical (unpaired) electrons. The number of carbonyl (C=O) groups excluding carboxylic acids is 1. The van der Waals surface area contributed by atoms with E-state index in [0.29, 0.717) is 6.54 Å². The highest BCUT2D eigenvalue weighted by Gasteiger charge is 2.35. The summed E-state index contributed by atoms with van der Waals surface area (Å²) in [6.07, 6.45) is 4.47. The number of urea groups is 1. The van der Waals surface area contributed by atoms with Crippen LogP contribution >= 0.6 is 11.6 Å². The van der Waals surface area contributed by atoms with Crippen LogP contribution in [0.3, 0.4) is 0 Å². The lowest BCUT2D eigenvalue weighted by molar-refractivity contribution is 0.231. The SMILES string of the molecule is O=C(NCCO)NCC1(c2cccc(Cl)c2)CCCC1. The second-order valence-corrected chi connectivity index (χ2v) is 5.77. The lowest BCUT2D eigenvalue weighted by Gasteiger charge is -2.30. The minimum absolute atomic E-state index is 0.0124. The molecular formula is C15H21ClN2O2. The Balaban J connectivity index is 2.05. The molecule has 0 bridgehead atoms. The standard InChI is InChI=1S/C15H21ClN2O2/c16-13-5-3-4-12(10-13)15(6-1-2-7-15)11-18-14(20)17-8-9-19/h3-5,10,19H,1-2,6-9,11H2,(H2,17,18,20).